The third-order valence-electron chi connectivity index (χ3n) is 3.74. The summed E-state index contributed by atoms with van der Waals surface area (Å²) >= 11 is 0. The molecule has 0 aliphatic carbocycles. The summed E-state index contributed by atoms with van der Waals surface area (Å²) in [6, 6.07) is 4.62. The average Bonchev–Trinajstić information content (AvgIpc) is 2.42. The zero-order chi connectivity index (χ0) is 16.2. The van der Waals surface area contributed by atoms with Gasteiger partial charge in [0.25, 0.3) is 5.91 Å². The highest BCUT2D eigenvalue weighted by atomic mass is 32.2. The first kappa shape index (κ1) is 17.7. The molecular weight excluding hydrogens is 288 g/mol. The van der Waals surface area contributed by atoms with Crippen LogP contribution in [0.3, 0.4) is 0 Å². The maximum absolute atomic E-state index is 12.1. The number of hydrogen-bond donors (Lipinski definition) is 2. The molecule has 21 heavy (non-hydrogen) atoms. The molecule has 118 valence electrons. The number of amides is 1. The number of primary sulfonamides is 1. The number of carbonyl (C=O) groups is 1. The van der Waals surface area contributed by atoms with Gasteiger partial charge in [0, 0.05) is 12.1 Å². The Balaban J connectivity index is 2.97. The van der Waals surface area contributed by atoms with Crippen LogP contribution in [0, 0.1) is 11.8 Å². The van der Waals surface area contributed by atoms with Gasteiger partial charge in [-0.25, -0.2) is 13.6 Å². The first-order chi connectivity index (χ1) is 9.66. The second-order valence-corrected chi connectivity index (χ2v) is 7.18. The molecule has 3 N–H and O–H groups in total. The Bertz CT molecular complexity index is 609. The fourth-order valence-corrected chi connectivity index (χ4v) is 2.71. The van der Waals surface area contributed by atoms with Crippen LogP contribution in [0.1, 0.15) is 43.6 Å². The fraction of sp³-hybridized carbons (Fsp3) is 0.533. The van der Waals surface area contributed by atoms with Gasteiger partial charge in [-0.15, -0.1) is 0 Å². The summed E-state index contributed by atoms with van der Waals surface area (Å²) in [5, 5.41) is 8.03. The second kappa shape index (κ2) is 7.04. The summed E-state index contributed by atoms with van der Waals surface area (Å²) in [6.07, 6.45) is 0.540. The number of benzene rings is 1. The Morgan fingerprint density at radius 2 is 1.90 bits per heavy atom. The molecular formula is C15H24N2O3S. The molecule has 0 bridgehead atoms. The van der Waals surface area contributed by atoms with Crippen molar-refractivity contribution in [2.45, 2.75) is 39.0 Å². The summed E-state index contributed by atoms with van der Waals surface area (Å²) in [6.45, 7) is 8.63. The van der Waals surface area contributed by atoms with Gasteiger partial charge < -0.3 is 5.32 Å². The highest BCUT2D eigenvalue weighted by Gasteiger charge is 2.17. The lowest BCUT2D eigenvalue weighted by Gasteiger charge is -2.16. The minimum absolute atomic E-state index is 0.0227. The molecule has 0 saturated heterocycles. The van der Waals surface area contributed by atoms with Gasteiger partial charge >= 0.3 is 0 Å². The maximum Gasteiger partial charge on any atom is 0.251 e. The maximum atomic E-state index is 12.1. The average molecular weight is 312 g/mol. The van der Waals surface area contributed by atoms with Gasteiger partial charge in [-0.3, -0.25) is 4.79 Å². The van der Waals surface area contributed by atoms with Crippen molar-refractivity contribution < 1.29 is 13.2 Å². The van der Waals surface area contributed by atoms with Crippen molar-refractivity contribution in [1.29, 1.82) is 0 Å². The van der Waals surface area contributed by atoms with E-state index in [1.54, 1.807) is 12.1 Å². The SMILES string of the molecule is CCc1ccc(C(=O)NCC(C)C(C)C)cc1S(N)(=O)=O. The standard InChI is InChI=1S/C15H24N2O3S/c1-5-12-6-7-13(8-14(12)21(16,19)20)15(18)17-9-11(4)10(2)3/h6-8,10-11H,5,9H2,1-4H3,(H,17,18)(H2,16,19,20). The molecule has 5 nitrogen and oxygen atoms in total. The van der Waals surface area contributed by atoms with Crippen LogP contribution >= 0.6 is 0 Å². The lowest BCUT2D eigenvalue weighted by molar-refractivity contribution is 0.0944. The Labute approximate surface area is 127 Å². The van der Waals surface area contributed by atoms with Crippen molar-refractivity contribution in [1.82, 2.24) is 5.32 Å². The topological polar surface area (TPSA) is 89.3 Å². The van der Waals surface area contributed by atoms with E-state index in [2.05, 4.69) is 26.1 Å². The van der Waals surface area contributed by atoms with Crippen molar-refractivity contribution in [3.8, 4) is 0 Å². The smallest absolute Gasteiger partial charge is 0.251 e. The predicted molar refractivity (Wildman–Crippen MR) is 83.5 cm³/mol. The van der Waals surface area contributed by atoms with Crippen molar-refractivity contribution in [2.75, 3.05) is 6.54 Å². The molecule has 1 aromatic carbocycles. The number of rotatable bonds is 6. The molecule has 1 rings (SSSR count). The zero-order valence-corrected chi connectivity index (χ0v) is 13.8. The normalized spacial score (nSPS) is 13.2. The Hall–Kier alpha value is -1.40. The largest absolute Gasteiger partial charge is 0.352 e. The van der Waals surface area contributed by atoms with Gasteiger partial charge in [-0.2, -0.15) is 0 Å². The van der Waals surface area contributed by atoms with Crippen LogP contribution in [-0.2, 0) is 16.4 Å². The van der Waals surface area contributed by atoms with Crippen molar-refractivity contribution in [2.24, 2.45) is 17.0 Å². The Morgan fingerprint density at radius 1 is 1.29 bits per heavy atom. The molecule has 0 spiro atoms. The molecule has 0 aliphatic heterocycles. The van der Waals surface area contributed by atoms with Crippen LogP contribution in [-0.4, -0.2) is 20.9 Å². The molecule has 0 saturated carbocycles. The third-order valence-corrected chi connectivity index (χ3v) is 4.73. The molecule has 1 unspecified atom stereocenters. The summed E-state index contributed by atoms with van der Waals surface area (Å²) < 4.78 is 23.2. The zero-order valence-electron chi connectivity index (χ0n) is 13.0. The number of nitrogens with one attached hydrogen (secondary N) is 1. The molecule has 1 atom stereocenters. The van der Waals surface area contributed by atoms with E-state index in [0.717, 1.165) is 0 Å². The van der Waals surface area contributed by atoms with Crippen molar-refractivity contribution in [3.63, 3.8) is 0 Å². The summed E-state index contributed by atoms with van der Waals surface area (Å²) in [5.74, 6) is 0.532. The van der Waals surface area contributed by atoms with Crippen LogP contribution in [0.5, 0.6) is 0 Å². The van der Waals surface area contributed by atoms with Crippen molar-refractivity contribution >= 4 is 15.9 Å². The fourth-order valence-electron chi connectivity index (χ4n) is 1.84. The van der Waals surface area contributed by atoms with Gasteiger partial charge in [-0.1, -0.05) is 33.8 Å². The predicted octanol–water partition coefficient (Wildman–Crippen LogP) is 1.92. The van der Waals surface area contributed by atoms with E-state index < -0.39 is 10.0 Å². The molecule has 0 heterocycles. The molecule has 0 fully saturated rings. The number of sulfonamides is 1. The van der Waals surface area contributed by atoms with Crippen LogP contribution in [0.4, 0.5) is 0 Å². The van der Waals surface area contributed by atoms with Crippen LogP contribution in [0.25, 0.3) is 0 Å². The molecule has 0 aliphatic rings. The van der Waals surface area contributed by atoms with Crippen LogP contribution < -0.4 is 10.5 Å². The molecule has 0 radical (unpaired) electrons. The highest BCUT2D eigenvalue weighted by Crippen LogP contribution is 2.17. The van der Waals surface area contributed by atoms with E-state index >= 15 is 0 Å². The first-order valence-corrected chi connectivity index (χ1v) is 8.65. The lowest BCUT2D eigenvalue weighted by Crippen LogP contribution is -2.30. The minimum atomic E-state index is -3.83. The Morgan fingerprint density at radius 3 is 2.38 bits per heavy atom. The van der Waals surface area contributed by atoms with Crippen LogP contribution in [0.2, 0.25) is 0 Å². The number of nitrogens with two attached hydrogens (primary N) is 1. The summed E-state index contributed by atoms with van der Waals surface area (Å²) in [5.41, 5.74) is 0.928. The molecule has 6 heteroatoms. The second-order valence-electron chi connectivity index (χ2n) is 5.65. The molecule has 0 aromatic heterocycles. The summed E-state index contributed by atoms with van der Waals surface area (Å²) in [4.78, 5) is 12.1. The van der Waals surface area contributed by atoms with Gasteiger partial charge in [0.2, 0.25) is 10.0 Å². The van der Waals surface area contributed by atoms with Gasteiger partial charge in [0.15, 0.2) is 0 Å². The minimum Gasteiger partial charge on any atom is -0.352 e. The van der Waals surface area contributed by atoms with E-state index in [4.69, 9.17) is 5.14 Å². The lowest BCUT2D eigenvalue weighted by atomic mass is 9.98. The van der Waals surface area contributed by atoms with E-state index in [1.165, 1.54) is 6.07 Å². The first-order valence-electron chi connectivity index (χ1n) is 7.10. The molecule has 1 amide bonds. The number of hydrogen-bond acceptors (Lipinski definition) is 3. The Kier molecular flexibility index (Phi) is 5.92. The summed E-state index contributed by atoms with van der Waals surface area (Å²) in [7, 11) is -3.83. The van der Waals surface area contributed by atoms with Gasteiger partial charge in [0.05, 0.1) is 4.90 Å². The van der Waals surface area contributed by atoms with Gasteiger partial charge in [-0.05, 0) is 36.0 Å². The van der Waals surface area contributed by atoms with Crippen molar-refractivity contribution in [3.05, 3.63) is 29.3 Å². The quantitative estimate of drug-likeness (QED) is 0.841. The number of aryl methyl sites for hydroxylation is 1. The van der Waals surface area contributed by atoms with E-state index in [1.807, 2.05) is 6.92 Å². The number of carbonyl (C=O) groups excluding carboxylic acids is 1. The molecule has 1 aromatic rings. The van der Waals surface area contributed by atoms with Crippen LogP contribution in [0.15, 0.2) is 23.1 Å². The van der Waals surface area contributed by atoms with E-state index in [0.29, 0.717) is 35.9 Å². The third kappa shape index (κ3) is 4.82. The monoisotopic (exact) mass is 312 g/mol. The van der Waals surface area contributed by atoms with E-state index in [9.17, 15) is 13.2 Å². The highest BCUT2D eigenvalue weighted by molar-refractivity contribution is 7.89. The van der Waals surface area contributed by atoms with Gasteiger partial charge in [0.1, 0.15) is 0 Å². The van der Waals surface area contributed by atoms with E-state index in [-0.39, 0.29) is 10.8 Å².